The number of methoxy groups -OCH3 is 1. The number of ether oxygens (including phenoxy) is 1. The molecule has 0 aliphatic heterocycles. The fourth-order valence-electron chi connectivity index (χ4n) is 3.09. The highest BCUT2D eigenvalue weighted by Gasteiger charge is 2.24. The van der Waals surface area contributed by atoms with E-state index in [9.17, 15) is 0 Å². The van der Waals surface area contributed by atoms with Gasteiger partial charge < -0.3 is 10.1 Å². The van der Waals surface area contributed by atoms with Crippen LogP contribution in [0.2, 0.25) is 0 Å². The molecule has 0 radical (unpaired) electrons. The number of likely N-dealkylation sites (N-methyl/N-ethyl adjacent to an activating group) is 1. The molecule has 1 N–H and O–H groups in total. The van der Waals surface area contributed by atoms with E-state index in [-0.39, 0.29) is 0 Å². The van der Waals surface area contributed by atoms with Crippen LogP contribution in [-0.4, -0.2) is 19.7 Å². The molecule has 0 amide bonds. The fourth-order valence-corrected chi connectivity index (χ4v) is 3.09. The molecule has 100 valence electrons. The van der Waals surface area contributed by atoms with Gasteiger partial charge in [0.05, 0.1) is 7.11 Å². The molecule has 0 aromatic heterocycles. The smallest absolute Gasteiger partial charge is 0.119 e. The molecule has 18 heavy (non-hydrogen) atoms. The third kappa shape index (κ3) is 3.26. The maximum absolute atomic E-state index is 5.35. The average Bonchev–Trinajstić information content (AvgIpc) is 2.65. The van der Waals surface area contributed by atoms with Gasteiger partial charge in [0.2, 0.25) is 0 Å². The molecule has 2 rings (SSSR count). The highest BCUT2D eigenvalue weighted by Crippen LogP contribution is 2.33. The first-order valence-corrected chi connectivity index (χ1v) is 7.22. The lowest BCUT2D eigenvalue weighted by Gasteiger charge is -2.26. The summed E-state index contributed by atoms with van der Waals surface area (Å²) in [6.07, 6.45) is 6.69. The third-order valence-electron chi connectivity index (χ3n) is 4.00. The first-order valence-electron chi connectivity index (χ1n) is 7.22. The van der Waals surface area contributed by atoms with Crippen LogP contribution in [0.25, 0.3) is 0 Å². The van der Waals surface area contributed by atoms with Crippen molar-refractivity contribution in [3.8, 4) is 5.75 Å². The lowest BCUT2D eigenvalue weighted by atomic mass is 9.87. The van der Waals surface area contributed by atoms with Gasteiger partial charge in [0, 0.05) is 6.04 Å². The quantitative estimate of drug-likeness (QED) is 0.819. The minimum atomic E-state index is 0.629. The Labute approximate surface area is 111 Å². The van der Waals surface area contributed by atoms with Crippen LogP contribution in [0.15, 0.2) is 24.3 Å². The SMILES string of the molecule is CCNC1CCCCCC1c1cccc(OC)c1. The summed E-state index contributed by atoms with van der Waals surface area (Å²) in [5.74, 6) is 1.62. The van der Waals surface area contributed by atoms with E-state index in [2.05, 4.69) is 30.4 Å². The molecule has 2 atom stereocenters. The standard InChI is InChI=1S/C16H25NO/c1-3-17-16-11-6-4-5-10-15(16)13-8-7-9-14(12-13)18-2/h7-9,12,15-17H,3-6,10-11H2,1-2H3. The minimum absolute atomic E-state index is 0.629. The topological polar surface area (TPSA) is 21.3 Å². The maximum Gasteiger partial charge on any atom is 0.119 e. The molecule has 2 heteroatoms. The summed E-state index contributed by atoms with van der Waals surface area (Å²) < 4.78 is 5.35. The molecule has 1 aromatic rings. The molecule has 1 aliphatic carbocycles. The van der Waals surface area contributed by atoms with E-state index in [0.29, 0.717) is 12.0 Å². The van der Waals surface area contributed by atoms with Crippen LogP contribution >= 0.6 is 0 Å². The second-order valence-corrected chi connectivity index (χ2v) is 5.19. The molecule has 1 fully saturated rings. The van der Waals surface area contributed by atoms with E-state index >= 15 is 0 Å². The largest absolute Gasteiger partial charge is 0.497 e. The molecule has 0 heterocycles. The molecule has 2 nitrogen and oxygen atoms in total. The van der Waals surface area contributed by atoms with Crippen LogP contribution in [-0.2, 0) is 0 Å². The second-order valence-electron chi connectivity index (χ2n) is 5.19. The number of hydrogen-bond acceptors (Lipinski definition) is 2. The Kier molecular flexibility index (Phi) is 5.06. The van der Waals surface area contributed by atoms with Gasteiger partial charge in [-0.05, 0) is 43.0 Å². The Morgan fingerprint density at radius 1 is 1.22 bits per heavy atom. The summed E-state index contributed by atoms with van der Waals surface area (Å²) in [5.41, 5.74) is 1.43. The Morgan fingerprint density at radius 2 is 2.06 bits per heavy atom. The first kappa shape index (κ1) is 13.4. The van der Waals surface area contributed by atoms with Gasteiger partial charge in [0.15, 0.2) is 0 Å². The van der Waals surface area contributed by atoms with Gasteiger partial charge in [-0.25, -0.2) is 0 Å². The summed E-state index contributed by atoms with van der Waals surface area (Å²) in [6, 6.07) is 9.23. The summed E-state index contributed by atoms with van der Waals surface area (Å²) in [5, 5.41) is 3.67. The number of benzene rings is 1. The Hall–Kier alpha value is -1.02. The van der Waals surface area contributed by atoms with Crippen molar-refractivity contribution < 1.29 is 4.74 Å². The van der Waals surface area contributed by atoms with E-state index in [1.165, 1.54) is 37.7 Å². The predicted octanol–water partition coefficient (Wildman–Crippen LogP) is 3.72. The molecule has 2 unspecified atom stereocenters. The molecular formula is C16H25NO. The molecule has 0 saturated heterocycles. The van der Waals surface area contributed by atoms with Gasteiger partial charge in [-0.3, -0.25) is 0 Å². The fraction of sp³-hybridized carbons (Fsp3) is 0.625. The van der Waals surface area contributed by atoms with Gasteiger partial charge in [-0.15, -0.1) is 0 Å². The monoisotopic (exact) mass is 247 g/mol. The van der Waals surface area contributed by atoms with Crippen molar-refractivity contribution in [1.82, 2.24) is 5.32 Å². The van der Waals surface area contributed by atoms with E-state index in [0.717, 1.165) is 12.3 Å². The van der Waals surface area contributed by atoms with E-state index in [1.54, 1.807) is 7.11 Å². The Balaban J connectivity index is 2.19. The van der Waals surface area contributed by atoms with Crippen molar-refractivity contribution in [3.63, 3.8) is 0 Å². The third-order valence-corrected chi connectivity index (χ3v) is 4.00. The molecular weight excluding hydrogens is 222 g/mol. The normalized spacial score (nSPS) is 24.6. The first-order chi connectivity index (χ1) is 8.85. The maximum atomic E-state index is 5.35. The zero-order valence-electron chi connectivity index (χ0n) is 11.6. The Morgan fingerprint density at radius 3 is 2.83 bits per heavy atom. The van der Waals surface area contributed by atoms with Gasteiger partial charge in [0.25, 0.3) is 0 Å². The summed E-state index contributed by atoms with van der Waals surface area (Å²) >= 11 is 0. The van der Waals surface area contributed by atoms with Crippen molar-refractivity contribution in [2.24, 2.45) is 0 Å². The minimum Gasteiger partial charge on any atom is -0.497 e. The van der Waals surface area contributed by atoms with Crippen LogP contribution in [0.4, 0.5) is 0 Å². The lowest BCUT2D eigenvalue weighted by Crippen LogP contribution is -2.34. The van der Waals surface area contributed by atoms with E-state index < -0.39 is 0 Å². The van der Waals surface area contributed by atoms with Crippen LogP contribution in [0.5, 0.6) is 5.75 Å². The van der Waals surface area contributed by atoms with Crippen molar-refractivity contribution in [1.29, 1.82) is 0 Å². The van der Waals surface area contributed by atoms with Crippen LogP contribution in [0.1, 0.15) is 50.5 Å². The average molecular weight is 247 g/mol. The van der Waals surface area contributed by atoms with Crippen molar-refractivity contribution in [2.45, 2.75) is 51.0 Å². The summed E-state index contributed by atoms with van der Waals surface area (Å²) in [7, 11) is 1.74. The van der Waals surface area contributed by atoms with Crippen LogP contribution in [0, 0.1) is 0 Å². The van der Waals surface area contributed by atoms with Crippen molar-refractivity contribution >= 4 is 0 Å². The molecule has 1 aliphatic rings. The molecule has 1 aromatic carbocycles. The van der Waals surface area contributed by atoms with Crippen LogP contribution in [0.3, 0.4) is 0 Å². The number of hydrogen-bond donors (Lipinski definition) is 1. The molecule has 0 bridgehead atoms. The highest BCUT2D eigenvalue weighted by molar-refractivity contribution is 5.31. The van der Waals surface area contributed by atoms with Crippen molar-refractivity contribution in [2.75, 3.05) is 13.7 Å². The zero-order chi connectivity index (χ0) is 12.8. The molecule has 0 spiro atoms. The predicted molar refractivity (Wildman–Crippen MR) is 76.3 cm³/mol. The van der Waals surface area contributed by atoms with Gasteiger partial charge in [-0.1, -0.05) is 38.3 Å². The van der Waals surface area contributed by atoms with E-state index in [1.807, 2.05) is 6.07 Å². The van der Waals surface area contributed by atoms with Gasteiger partial charge >= 0.3 is 0 Å². The molecule has 1 saturated carbocycles. The summed E-state index contributed by atoms with van der Waals surface area (Å²) in [6.45, 7) is 3.26. The second kappa shape index (κ2) is 6.79. The highest BCUT2D eigenvalue weighted by atomic mass is 16.5. The van der Waals surface area contributed by atoms with Gasteiger partial charge in [0.1, 0.15) is 5.75 Å². The van der Waals surface area contributed by atoms with E-state index in [4.69, 9.17) is 4.74 Å². The lowest BCUT2D eigenvalue weighted by molar-refractivity contribution is 0.404. The number of nitrogens with one attached hydrogen (secondary N) is 1. The number of rotatable bonds is 4. The Bertz CT molecular complexity index is 364. The zero-order valence-corrected chi connectivity index (χ0v) is 11.6. The summed E-state index contributed by atoms with van der Waals surface area (Å²) in [4.78, 5) is 0. The van der Waals surface area contributed by atoms with Crippen molar-refractivity contribution in [3.05, 3.63) is 29.8 Å². The van der Waals surface area contributed by atoms with Gasteiger partial charge in [-0.2, -0.15) is 0 Å². The van der Waals surface area contributed by atoms with Crippen LogP contribution < -0.4 is 10.1 Å².